The molecule has 1 atom stereocenters. The Kier molecular flexibility index (Phi) is 9.68. The average Bonchev–Trinajstić information content (AvgIpc) is 3.44. The first-order chi connectivity index (χ1) is 19.0. The molecule has 1 aliphatic carbocycles. The number of nitrogens with one attached hydrogen (secondary N) is 1. The maximum absolute atomic E-state index is 14.0. The highest BCUT2D eigenvalue weighted by Gasteiger charge is 2.33. The van der Waals surface area contributed by atoms with Crippen LogP contribution in [0.25, 0.3) is 0 Å². The summed E-state index contributed by atoms with van der Waals surface area (Å²) in [5, 5.41) is 3.09. The van der Waals surface area contributed by atoms with Crippen LogP contribution >= 0.6 is 15.9 Å². The minimum atomic E-state index is -4.08. The van der Waals surface area contributed by atoms with Crippen molar-refractivity contribution >= 4 is 43.5 Å². The van der Waals surface area contributed by atoms with E-state index in [1.54, 1.807) is 43.3 Å². The van der Waals surface area contributed by atoms with Gasteiger partial charge >= 0.3 is 0 Å². The second-order valence-electron chi connectivity index (χ2n) is 10.5. The van der Waals surface area contributed by atoms with Crippen molar-refractivity contribution in [2.45, 2.75) is 70.0 Å². The molecule has 0 radical (unpaired) electrons. The number of sulfonamides is 1. The van der Waals surface area contributed by atoms with Crippen LogP contribution < -0.4 is 9.62 Å². The fraction of sp³-hybridized carbons (Fsp3) is 0.355. The first-order valence-corrected chi connectivity index (χ1v) is 15.8. The molecule has 7 nitrogen and oxygen atoms in total. The molecule has 3 aromatic carbocycles. The highest BCUT2D eigenvalue weighted by atomic mass is 79.9. The number of halogens is 1. The third kappa shape index (κ3) is 7.31. The van der Waals surface area contributed by atoms with Crippen LogP contribution in [-0.2, 0) is 26.2 Å². The van der Waals surface area contributed by atoms with Gasteiger partial charge in [-0.3, -0.25) is 13.9 Å². The minimum Gasteiger partial charge on any atom is -0.352 e. The second-order valence-corrected chi connectivity index (χ2v) is 13.3. The molecule has 1 N–H and O–H groups in total. The number of aryl methyl sites for hydroxylation is 2. The Morgan fingerprint density at radius 2 is 1.55 bits per heavy atom. The van der Waals surface area contributed by atoms with E-state index in [2.05, 4.69) is 21.2 Å². The van der Waals surface area contributed by atoms with Crippen LogP contribution in [0.4, 0.5) is 5.69 Å². The lowest BCUT2D eigenvalue weighted by Gasteiger charge is -2.32. The number of benzene rings is 3. The normalized spacial score (nSPS) is 14.5. The van der Waals surface area contributed by atoms with E-state index >= 15 is 0 Å². The molecule has 2 amide bonds. The van der Waals surface area contributed by atoms with Crippen molar-refractivity contribution in [1.82, 2.24) is 10.2 Å². The van der Waals surface area contributed by atoms with E-state index < -0.39 is 28.5 Å². The summed E-state index contributed by atoms with van der Waals surface area (Å²) in [6.07, 6.45) is 3.99. The fourth-order valence-corrected chi connectivity index (χ4v) is 6.74. The van der Waals surface area contributed by atoms with Crippen molar-refractivity contribution in [3.05, 3.63) is 94.0 Å². The molecule has 1 aliphatic rings. The SMILES string of the molecule is Cc1ccc(N(CC(=O)N(Cc2cccc(Br)c2)[C@H](C)C(=O)NC2CCCC2)S(=O)(=O)c2ccc(C)cc2)cc1. The summed E-state index contributed by atoms with van der Waals surface area (Å²) in [6.45, 7) is 5.20. The smallest absolute Gasteiger partial charge is 0.264 e. The molecule has 0 saturated heterocycles. The van der Waals surface area contributed by atoms with Gasteiger partial charge in [0.2, 0.25) is 11.8 Å². The first kappa shape index (κ1) is 29.8. The number of rotatable bonds is 10. The average molecular weight is 627 g/mol. The zero-order valence-corrected chi connectivity index (χ0v) is 25.5. The maximum Gasteiger partial charge on any atom is 0.264 e. The molecule has 0 aromatic heterocycles. The molecular formula is C31H36BrN3O4S. The fourth-order valence-electron chi connectivity index (χ4n) is 4.88. The van der Waals surface area contributed by atoms with Crippen LogP contribution in [0.1, 0.15) is 49.3 Å². The standard InChI is InChI=1S/C31H36BrN3O4S/c1-22-11-15-28(16-12-22)35(40(38,39)29-17-13-23(2)14-18-29)21-30(36)34(20-25-7-6-8-26(32)19-25)24(3)31(37)33-27-9-4-5-10-27/h6-8,11-19,24,27H,4-5,9-10,20-21H2,1-3H3,(H,33,37)/t24-/m1/s1. The Morgan fingerprint density at radius 1 is 0.950 bits per heavy atom. The Morgan fingerprint density at radius 3 is 2.15 bits per heavy atom. The Hall–Kier alpha value is -3.17. The number of nitrogens with zero attached hydrogens (tertiary/aromatic N) is 2. The molecule has 3 aromatic rings. The van der Waals surface area contributed by atoms with E-state index in [0.29, 0.717) is 5.69 Å². The highest BCUT2D eigenvalue weighted by Crippen LogP contribution is 2.26. The van der Waals surface area contributed by atoms with E-state index in [1.165, 1.54) is 4.90 Å². The van der Waals surface area contributed by atoms with E-state index in [1.807, 2.05) is 50.2 Å². The van der Waals surface area contributed by atoms with Gasteiger partial charge in [0, 0.05) is 17.1 Å². The summed E-state index contributed by atoms with van der Waals surface area (Å²) >= 11 is 3.48. The summed E-state index contributed by atoms with van der Waals surface area (Å²) < 4.78 is 29.8. The number of amides is 2. The predicted octanol–water partition coefficient (Wildman–Crippen LogP) is 5.74. The predicted molar refractivity (Wildman–Crippen MR) is 161 cm³/mol. The number of hydrogen-bond donors (Lipinski definition) is 1. The Balaban J connectivity index is 1.68. The largest absolute Gasteiger partial charge is 0.352 e. The van der Waals surface area contributed by atoms with Crippen molar-refractivity contribution in [3.8, 4) is 0 Å². The lowest BCUT2D eigenvalue weighted by atomic mass is 10.1. The van der Waals surface area contributed by atoms with Crippen LogP contribution in [0.5, 0.6) is 0 Å². The van der Waals surface area contributed by atoms with Gasteiger partial charge in [-0.05, 0) is 75.6 Å². The molecule has 9 heteroatoms. The van der Waals surface area contributed by atoms with E-state index in [4.69, 9.17) is 0 Å². The molecule has 1 saturated carbocycles. The summed E-state index contributed by atoms with van der Waals surface area (Å²) in [4.78, 5) is 28.9. The van der Waals surface area contributed by atoms with E-state index in [0.717, 1.165) is 51.2 Å². The summed E-state index contributed by atoms with van der Waals surface area (Å²) in [5.41, 5.74) is 3.10. The van der Waals surface area contributed by atoms with Gasteiger partial charge in [-0.1, -0.05) is 76.3 Å². The van der Waals surface area contributed by atoms with Crippen LogP contribution in [0.3, 0.4) is 0 Å². The number of carbonyl (C=O) groups is 2. The van der Waals surface area contributed by atoms with Crippen LogP contribution in [0.2, 0.25) is 0 Å². The Labute approximate surface area is 245 Å². The minimum absolute atomic E-state index is 0.0945. The van der Waals surface area contributed by atoms with Crippen molar-refractivity contribution < 1.29 is 18.0 Å². The number of carbonyl (C=O) groups excluding carboxylic acids is 2. The summed E-state index contributed by atoms with van der Waals surface area (Å²) in [7, 11) is -4.08. The van der Waals surface area contributed by atoms with Crippen molar-refractivity contribution in [1.29, 1.82) is 0 Å². The zero-order valence-electron chi connectivity index (χ0n) is 23.1. The zero-order chi connectivity index (χ0) is 28.9. The molecule has 0 aliphatic heterocycles. The summed E-state index contributed by atoms with van der Waals surface area (Å²) in [6, 6.07) is 20.4. The van der Waals surface area contributed by atoms with Crippen LogP contribution in [0.15, 0.2) is 82.2 Å². The lowest BCUT2D eigenvalue weighted by Crippen LogP contribution is -2.52. The van der Waals surface area contributed by atoms with Crippen LogP contribution in [0, 0.1) is 13.8 Å². The summed E-state index contributed by atoms with van der Waals surface area (Å²) in [5.74, 6) is -0.705. The van der Waals surface area contributed by atoms with Crippen molar-refractivity contribution in [2.24, 2.45) is 0 Å². The molecule has 212 valence electrons. The molecule has 40 heavy (non-hydrogen) atoms. The van der Waals surface area contributed by atoms with Gasteiger partial charge in [-0.25, -0.2) is 8.42 Å². The monoisotopic (exact) mass is 625 g/mol. The third-order valence-electron chi connectivity index (χ3n) is 7.32. The third-order valence-corrected chi connectivity index (χ3v) is 9.60. The first-order valence-electron chi connectivity index (χ1n) is 13.5. The van der Waals surface area contributed by atoms with Gasteiger partial charge in [0.1, 0.15) is 12.6 Å². The molecule has 0 unspecified atom stereocenters. The molecule has 1 fully saturated rings. The van der Waals surface area contributed by atoms with Gasteiger partial charge in [-0.2, -0.15) is 0 Å². The maximum atomic E-state index is 14.0. The van der Waals surface area contributed by atoms with E-state index in [-0.39, 0.29) is 23.4 Å². The van der Waals surface area contributed by atoms with Gasteiger partial charge in [0.05, 0.1) is 10.6 Å². The topological polar surface area (TPSA) is 86.8 Å². The highest BCUT2D eigenvalue weighted by molar-refractivity contribution is 9.10. The molecule has 4 rings (SSSR count). The quantitative estimate of drug-likeness (QED) is 0.311. The molecule has 0 spiro atoms. The molecule has 0 bridgehead atoms. The van der Waals surface area contributed by atoms with Crippen molar-refractivity contribution in [3.63, 3.8) is 0 Å². The van der Waals surface area contributed by atoms with Gasteiger partial charge in [0.25, 0.3) is 10.0 Å². The second kappa shape index (κ2) is 13.0. The van der Waals surface area contributed by atoms with Gasteiger partial charge in [-0.15, -0.1) is 0 Å². The number of hydrogen-bond acceptors (Lipinski definition) is 4. The van der Waals surface area contributed by atoms with E-state index in [9.17, 15) is 18.0 Å². The Bertz CT molecular complexity index is 1440. The number of anilines is 1. The molecule has 0 heterocycles. The lowest BCUT2D eigenvalue weighted by molar-refractivity contribution is -0.139. The van der Waals surface area contributed by atoms with Crippen LogP contribution in [-0.4, -0.2) is 43.8 Å². The van der Waals surface area contributed by atoms with Gasteiger partial charge in [0.15, 0.2) is 0 Å². The molecular weight excluding hydrogens is 590 g/mol. The van der Waals surface area contributed by atoms with Crippen molar-refractivity contribution in [2.75, 3.05) is 10.8 Å². The van der Waals surface area contributed by atoms with Gasteiger partial charge < -0.3 is 10.2 Å².